The number of rotatable bonds is 15. The summed E-state index contributed by atoms with van der Waals surface area (Å²) in [6.45, 7) is 21.9. The van der Waals surface area contributed by atoms with Crippen LogP contribution in [-0.2, 0) is 52.4 Å². The summed E-state index contributed by atoms with van der Waals surface area (Å²) in [5, 5.41) is 33.7. The number of anilines is 6. The number of hydrogen-bond acceptors (Lipinski definition) is 24. The molecule has 0 aromatic carbocycles. The van der Waals surface area contributed by atoms with Gasteiger partial charge in [-0.1, -0.05) is 0 Å². The number of fused-ring (bicyclic) bond motifs is 3. The van der Waals surface area contributed by atoms with Crippen molar-refractivity contribution < 1.29 is 90.3 Å². The highest BCUT2D eigenvalue weighted by Gasteiger charge is 2.56. The summed E-state index contributed by atoms with van der Waals surface area (Å²) < 4.78 is 227. The van der Waals surface area contributed by atoms with Crippen LogP contribution in [0.3, 0.4) is 0 Å². The molecular weight excluding hydrogens is 1610 g/mol. The molecule has 10 N–H and O–H groups in total. The van der Waals surface area contributed by atoms with Gasteiger partial charge in [0.15, 0.2) is 46.1 Å². The third-order valence-electron chi connectivity index (χ3n) is 24.0. The molecule has 0 radical (unpaired) electrons. The lowest BCUT2D eigenvalue weighted by Crippen LogP contribution is -2.52. The lowest BCUT2D eigenvalue weighted by molar-refractivity contribution is -0.276. The Kier molecular flexibility index (Phi) is 25.2. The third-order valence-corrected chi connectivity index (χ3v) is 24.0. The maximum atomic E-state index is 13.9. The number of piperidine rings is 3. The van der Waals surface area contributed by atoms with E-state index in [0.717, 1.165) is 111 Å². The van der Waals surface area contributed by atoms with Crippen LogP contribution in [0.1, 0.15) is 117 Å². The van der Waals surface area contributed by atoms with Crippen molar-refractivity contribution in [1.29, 1.82) is 0 Å². The molecule has 654 valence electrons. The Morgan fingerprint density at radius 3 is 0.842 bits per heavy atom. The van der Waals surface area contributed by atoms with Gasteiger partial charge in [0.05, 0.1) is 73.0 Å². The summed E-state index contributed by atoms with van der Waals surface area (Å²) in [6, 6.07) is 8.14. The molecule has 6 saturated heterocycles. The first-order valence-corrected chi connectivity index (χ1v) is 39.4. The molecule has 6 aliphatic rings. The quantitative estimate of drug-likeness (QED) is 0.0519. The molecule has 9 aromatic rings. The van der Waals surface area contributed by atoms with Crippen LogP contribution in [0.5, 0.6) is 0 Å². The number of nitrogens with zero attached hydrogens (tertiary/aromatic N) is 18. The summed E-state index contributed by atoms with van der Waals surface area (Å²) >= 11 is 0. The molecule has 9 aromatic heterocycles. The topological polar surface area (TPSA) is 321 Å². The van der Waals surface area contributed by atoms with E-state index < -0.39 is 70.6 Å². The molecule has 2 atom stereocenters. The number of nitrogens with two attached hydrogens (primary N) is 4. The summed E-state index contributed by atoms with van der Waals surface area (Å²) in [5.74, 6) is -1.03. The van der Waals surface area contributed by atoms with Gasteiger partial charge in [-0.15, -0.1) is 15.3 Å². The predicted molar refractivity (Wildman–Crippen MR) is 416 cm³/mol. The van der Waals surface area contributed by atoms with E-state index in [1.807, 2.05) is 43.6 Å². The lowest BCUT2D eigenvalue weighted by Gasteiger charge is -2.40. The van der Waals surface area contributed by atoms with Crippen LogP contribution in [0.25, 0.3) is 50.7 Å². The average Bonchev–Trinajstić information content (AvgIpc) is 1.59. The summed E-state index contributed by atoms with van der Waals surface area (Å²) in [5.41, 5.74) is 20.5. The number of nitrogen functional groups attached to an aromatic ring is 3. The number of pyridine rings is 3. The first-order chi connectivity index (χ1) is 56.2. The molecule has 0 bridgehead atoms. The molecule has 15 rings (SSSR count). The molecule has 42 heteroatoms. The molecule has 6 fully saturated rings. The second-order valence-corrected chi connectivity index (χ2v) is 32.5. The first kappa shape index (κ1) is 88.5. The van der Waals surface area contributed by atoms with Crippen molar-refractivity contribution in [3.05, 3.63) is 105 Å². The normalized spacial score (nSPS) is 19.2. The zero-order valence-corrected chi connectivity index (χ0v) is 67.2. The van der Waals surface area contributed by atoms with E-state index in [0.29, 0.717) is 164 Å². The SMILES string of the molecule is Cc1c(CN2CCC(C(C)(C)N)CC2)cc2c(N3CCOCC3)nc(-c3cnc(N)cc3C(F)(F)F)nn12.Cc1c(CN2CCC(C(C)(O)C(F)(F)F)CC2)cc2c(N3CCOCC3)nc(-c3cnc(N)cc3C(F)(F)F)nn12.Cc1c(CN2CCC(C(C)(O)C(F)(F)F)CC2)cc2c(N3CCOCC3)nc(-c3cnc(N)cc3C(F)(F)F)nn12. The first-order valence-electron chi connectivity index (χ1n) is 39.4. The number of alkyl halides is 15. The number of ether oxygens (including phenoxy) is 3. The molecule has 6 aliphatic heterocycles. The largest absolute Gasteiger partial charge is 0.417 e. The fourth-order valence-corrected chi connectivity index (χ4v) is 16.5. The Labute approximate surface area is 680 Å². The number of halogens is 15. The van der Waals surface area contributed by atoms with E-state index >= 15 is 0 Å². The van der Waals surface area contributed by atoms with Crippen molar-refractivity contribution in [3.8, 4) is 34.2 Å². The van der Waals surface area contributed by atoms with Crippen LogP contribution >= 0.6 is 0 Å². The van der Waals surface area contributed by atoms with Gasteiger partial charge < -0.3 is 62.1 Å². The summed E-state index contributed by atoms with van der Waals surface area (Å²) in [7, 11) is 0. The van der Waals surface area contributed by atoms with Gasteiger partial charge >= 0.3 is 30.9 Å². The van der Waals surface area contributed by atoms with Crippen LogP contribution in [0, 0.1) is 38.5 Å². The van der Waals surface area contributed by atoms with Gasteiger partial charge in [-0.3, -0.25) is 14.7 Å². The minimum absolute atomic E-state index is 0.0462. The lowest BCUT2D eigenvalue weighted by atomic mass is 9.81. The molecule has 0 aliphatic carbocycles. The van der Waals surface area contributed by atoms with Crippen molar-refractivity contribution in [2.45, 2.75) is 154 Å². The molecule has 0 spiro atoms. The fourth-order valence-electron chi connectivity index (χ4n) is 16.5. The molecule has 15 heterocycles. The molecule has 120 heavy (non-hydrogen) atoms. The van der Waals surface area contributed by atoms with Gasteiger partial charge in [-0.25, -0.2) is 43.5 Å². The second kappa shape index (κ2) is 34.2. The zero-order valence-electron chi connectivity index (χ0n) is 67.2. The van der Waals surface area contributed by atoms with Crippen molar-refractivity contribution in [3.63, 3.8) is 0 Å². The van der Waals surface area contributed by atoms with Crippen molar-refractivity contribution in [1.82, 2.24) is 73.4 Å². The highest BCUT2D eigenvalue weighted by atomic mass is 19.4. The van der Waals surface area contributed by atoms with Crippen LogP contribution < -0.4 is 37.6 Å². The minimum Gasteiger partial charge on any atom is -0.384 e. The van der Waals surface area contributed by atoms with Crippen molar-refractivity contribution in [2.75, 3.05) is 150 Å². The van der Waals surface area contributed by atoms with Crippen molar-refractivity contribution >= 4 is 51.5 Å². The summed E-state index contributed by atoms with van der Waals surface area (Å²) in [6.07, 6.45) is -17.6. The predicted octanol–water partition coefficient (Wildman–Crippen LogP) is 11.6. The number of aromatic nitrogens is 12. The number of likely N-dealkylation sites (tertiary alicyclic amines) is 3. The second-order valence-electron chi connectivity index (χ2n) is 32.5. The van der Waals surface area contributed by atoms with Gasteiger partial charge in [-0.2, -0.15) is 65.9 Å². The van der Waals surface area contributed by atoms with E-state index in [1.165, 1.54) is 0 Å². The van der Waals surface area contributed by atoms with Crippen LogP contribution in [0.4, 0.5) is 101 Å². The van der Waals surface area contributed by atoms with Crippen LogP contribution in [0.2, 0.25) is 0 Å². The van der Waals surface area contributed by atoms with Gasteiger partial charge in [0.1, 0.15) is 34.0 Å². The molecule has 0 saturated carbocycles. The highest BCUT2D eigenvalue weighted by Crippen LogP contribution is 2.46. The molecule has 0 amide bonds. The number of morpholine rings is 3. The van der Waals surface area contributed by atoms with Gasteiger partial charge in [0, 0.05) is 100 Å². The smallest absolute Gasteiger partial charge is 0.384 e. The maximum absolute atomic E-state index is 13.9. The van der Waals surface area contributed by atoms with E-state index in [2.05, 4.69) is 70.0 Å². The highest BCUT2D eigenvalue weighted by molar-refractivity contribution is 5.78. The van der Waals surface area contributed by atoms with Crippen LogP contribution in [0.15, 0.2) is 55.0 Å². The Bertz CT molecular complexity index is 4900. The Balaban J connectivity index is 0.000000156. The van der Waals surface area contributed by atoms with Crippen LogP contribution in [-0.4, -0.2) is 231 Å². The monoisotopic (exact) mass is 1710 g/mol. The molecule has 2 unspecified atom stereocenters. The van der Waals surface area contributed by atoms with E-state index in [-0.39, 0.29) is 82.8 Å². The van der Waals surface area contributed by atoms with E-state index in [4.69, 9.17) is 37.1 Å². The van der Waals surface area contributed by atoms with Gasteiger partial charge in [0.2, 0.25) is 0 Å². The molecular formula is C78H97F15N22O5. The van der Waals surface area contributed by atoms with Gasteiger partial charge in [-0.05, 0) is 197 Å². The number of aliphatic hydroxyl groups is 2. The fraction of sp³-hybridized carbons (Fsp3) is 0.577. The van der Waals surface area contributed by atoms with E-state index in [1.54, 1.807) is 27.4 Å². The molecule has 27 nitrogen and oxygen atoms in total. The maximum Gasteiger partial charge on any atom is 0.417 e. The van der Waals surface area contributed by atoms with E-state index in [9.17, 15) is 76.1 Å². The number of aryl methyl sites for hydroxylation is 3. The zero-order chi connectivity index (χ0) is 86.7. The summed E-state index contributed by atoms with van der Waals surface area (Å²) in [4.78, 5) is 37.7. The Hall–Kier alpha value is -9.30. The van der Waals surface area contributed by atoms with Gasteiger partial charge in [0.25, 0.3) is 0 Å². The number of hydrogen-bond donors (Lipinski definition) is 6. The standard InChI is InChI=1S/2C26H31F6N7O2.C26H35F3N8O/c2*1-15-16(14-37-5-3-17(4-6-37)24(2,40)26(30,31)32)11-20-23(38-7-9-41-10-8-38)35-22(36-39(15)20)18-13-34-21(33)12-19(18)25(27,28)29;1-16-17(15-35-6-4-18(5-7-35)25(2,3)31)12-21-24(36-8-10-38-11-9-36)33-23(34-37(16)21)19-14-32-22(30)13-20(19)26(27,28)29/h2*11-13,17,40H,3-10,14H2,1-2H3,(H2,33,34);12-14,18H,4-11,15,31H2,1-3H3,(H2,30,32). The Morgan fingerprint density at radius 2 is 0.617 bits per heavy atom. The average molecular weight is 1710 g/mol. The Morgan fingerprint density at radius 1 is 0.375 bits per heavy atom. The van der Waals surface area contributed by atoms with Crippen molar-refractivity contribution in [2.24, 2.45) is 23.5 Å². The third kappa shape index (κ3) is 19.0. The minimum atomic E-state index is -4.72.